The smallest absolute Gasteiger partial charge is 0.412 e. The molecule has 0 amide bonds. The Morgan fingerprint density at radius 2 is 1.90 bits per heavy atom. The van der Waals surface area contributed by atoms with Crippen molar-refractivity contribution in [3.05, 3.63) is 48.0 Å². The van der Waals surface area contributed by atoms with Crippen LogP contribution in [0.3, 0.4) is 0 Å². The largest absolute Gasteiger partial charge is 0.710 e. The number of carbonyl (C=O) groups excluding carboxylic acids is 1. The minimum Gasteiger partial charge on any atom is -0.710 e. The molecule has 0 aliphatic heterocycles. The van der Waals surface area contributed by atoms with Crippen LogP contribution in [0, 0.1) is 0 Å². The molecule has 2 rings (SSSR count). The van der Waals surface area contributed by atoms with Gasteiger partial charge in [0.15, 0.2) is 0 Å². The first kappa shape index (κ1) is 14.7. The van der Waals surface area contributed by atoms with Crippen molar-refractivity contribution < 1.29 is 27.9 Å². The van der Waals surface area contributed by atoms with E-state index in [1.54, 1.807) is 18.2 Å². The Hall–Kier alpha value is -1.70. The number of hydrogen-bond donors (Lipinski definition) is 0. The molecule has 0 atom stereocenters. The van der Waals surface area contributed by atoms with Crippen molar-refractivity contribution in [1.82, 2.24) is 0 Å². The van der Waals surface area contributed by atoms with Crippen LogP contribution in [-0.4, -0.2) is 11.2 Å². The summed E-state index contributed by atoms with van der Waals surface area (Å²) in [4.78, 5) is 11.1. The summed E-state index contributed by atoms with van der Waals surface area (Å²) < 4.78 is 33.3. The van der Waals surface area contributed by atoms with Gasteiger partial charge in [-0.3, -0.25) is 0 Å². The van der Waals surface area contributed by atoms with Gasteiger partial charge in [0.25, 0.3) is 0 Å². The molecule has 2 aromatic carbocycles. The van der Waals surface area contributed by atoms with Gasteiger partial charge in [0, 0.05) is 0 Å². The lowest BCUT2D eigenvalue weighted by molar-refractivity contribution is -0.630. The molecule has 0 N–H and O–H groups in total. The van der Waals surface area contributed by atoms with E-state index in [-0.39, 0.29) is 6.61 Å². The van der Waals surface area contributed by atoms with Gasteiger partial charge in [-0.15, -0.1) is 0 Å². The molecule has 0 unspecified atom stereocenters. The van der Waals surface area contributed by atoms with Crippen LogP contribution < -0.4 is 5.26 Å². The van der Waals surface area contributed by atoms with Crippen molar-refractivity contribution >= 4 is 28.8 Å². The van der Waals surface area contributed by atoms with Crippen molar-refractivity contribution in [2.45, 2.75) is 11.9 Å². The Balaban J connectivity index is 2.04. The molecule has 0 fully saturated rings. The number of ether oxygens (including phenoxy) is 1. The van der Waals surface area contributed by atoms with Gasteiger partial charge in [0.2, 0.25) is 0 Å². The second kappa shape index (κ2) is 6.17. The number of fused-ring (bicyclic) bond motifs is 1. The highest BCUT2D eigenvalue weighted by atomic mass is 32.2. The molecule has 0 radical (unpaired) electrons. The van der Waals surface area contributed by atoms with E-state index in [0.29, 0.717) is 5.56 Å². The lowest BCUT2D eigenvalue weighted by Crippen LogP contribution is -2.28. The molecule has 0 aromatic heterocycles. The Bertz CT molecular complexity index is 618. The first-order chi connectivity index (χ1) is 9.53. The monoisotopic (exact) mass is 299 g/mol. The van der Waals surface area contributed by atoms with Gasteiger partial charge >= 0.3 is 11.2 Å². The molecule has 0 aliphatic rings. The van der Waals surface area contributed by atoms with Crippen LogP contribution in [0.2, 0.25) is 0 Å². The summed E-state index contributed by atoms with van der Waals surface area (Å²) in [6.07, 6.45) is 0. The summed E-state index contributed by atoms with van der Waals surface area (Å²) in [6.45, 7) is -0.307. The van der Waals surface area contributed by atoms with Crippen LogP contribution in [0.5, 0.6) is 0 Å². The van der Waals surface area contributed by atoms with Gasteiger partial charge in [-0.1, -0.05) is 36.4 Å². The van der Waals surface area contributed by atoms with E-state index in [1.165, 1.54) is 0 Å². The topological polar surface area (TPSA) is 58.6 Å². The second-order valence-electron chi connectivity index (χ2n) is 3.93. The van der Waals surface area contributed by atoms with E-state index < -0.39 is 23.3 Å². The summed E-state index contributed by atoms with van der Waals surface area (Å²) in [5.41, 5.74) is 0.570. The summed E-state index contributed by atoms with van der Waals surface area (Å²) in [5, 5.41) is 7.53. The number of hydrogen-bond acceptors (Lipinski definition) is 5. The predicted molar refractivity (Wildman–Crippen MR) is 67.4 cm³/mol. The first-order valence-corrected chi connectivity index (χ1v) is 6.27. The normalized spacial score (nSPS) is 11.6. The Morgan fingerprint density at radius 1 is 1.20 bits per heavy atom. The van der Waals surface area contributed by atoms with Gasteiger partial charge in [0.05, 0.1) is 12.0 Å². The summed E-state index contributed by atoms with van der Waals surface area (Å²) >= 11 is -0.784. The van der Waals surface area contributed by atoms with Crippen LogP contribution in [-0.2, 0) is 20.5 Å². The van der Waals surface area contributed by atoms with Gasteiger partial charge in [0.1, 0.15) is 6.61 Å². The van der Waals surface area contributed by atoms with Crippen LogP contribution in [0.15, 0.2) is 42.5 Å². The van der Waals surface area contributed by atoms with Gasteiger partial charge in [-0.05, 0) is 22.4 Å². The minimum atomic E-state index is -4.02. The quantitative estimate of drug-likeness (QED) is 0.367. The van der Waals surface area contributed by atoms with E-state index in [9.17, 15) is 18.8 Å². The molecule has 106 valence electrons. The average molecular weight is 299 g/mol. The van der Waals surface area contributed by atoms with Crippen molar-refractivity contribution in [3.63, 3.8) is 0 Å². The maximum atomic E-state index is 12.9. The zero-order chi connectivity index (χ0) is 14.6. The second-order valence-corrected chi connectivity index (χ2v) is 4.74. The lowest BCUT2D eigenvalue weighted by Gasteiger charge is -2.15. The van der Waals surface area contributed by atoms with Crippen LogP contribution in [0.4, 0.5) is 8.78 Å². The maximum Gasteiger partial charge on any atom is 0.412 e. The number of esters is 1. The Labute approximate surface area is 117 Å². The predicted octanol–water partition coefficient (Wildman–Crippen LogP) is 2.42. The third kappa shape index (κ3) is 3.44. The van der Waals surface area contributed by atoms with Crippen molar-refractivity contribution in [1.29, 1.82) is 0 Å². The lowest BCUT2D eigenvalue weighted by atomic mass is 10.1. The minimum absolute atomic E-state index is 0.307. The van der Waals surface area contributed by atoms with Crippen LogP contribution in [0.1, 0.15) is 5.56 Å². The average Bonchev–Trinajstić information content (AvgIpc) is 2.44. The van der Waals surface area contributed by atoms with E-state index in [2.05, 4.69) is 9.07 Å². The molecule has 0 spiro atoms. The van der Waals surface area contributed by atoms with Gasteiger partial charge in [-0.2, -0.15) is 8.78 Å². The highest BCUT2D eigenvalue weighted by Crippen LogP contribution is 2.30. The van der Waals surface area contributed by atoms with E-state index >= 15 is 0 Å². The molecule has 7 heteroatoms. The molecular formula is C13H9F2O4S-. The third-order valence-corrected chi connectivity index (χ3v) is 3.00. The van der Waals surface area contributed by atoms with Crippen LogP contribution >= 0.6 is 12.0 Å². The molecule has 0 heterocycles. The molecular weight excluding hydrogens is 290 g/mol. The fourth-order valence-corrected chi connectivity index (χ4v) is 1.85. The van der Waals surface area contributed by atoms with Crippen molar-refractivity contribution in [2.24, 2.45) is 0 Å². The maximum absolute atomic E-state index is 12.9. The zero-order valence-corrected chi connectivity index (χ0v) is 10.9. The summed E-state index contributed by atoms with van der Waals surface area (Å²) in [5.74, 6) is -1.81. The SMILES string of the molecule is O=C(OCc1ccc2ccccc2c1)C(F)(F)SO[O-]. The molecule has 0 saturated carbocycles. The standard InChI is InChI=1S/C13H10F2O4S/c14-13(15,20-19-17)12(16)18-8-9-5-6-10-3-1-2-4-11(10)7-9/h1-7,17H,8H2/p-1. The molecule has 20 heavy (non-hydrogen) atoms. The fourth-order valence-electron chi connectivity index (χ4n) is 1.64. The molecule has 2 aromatic rings. The van der Waals surface area contributed by atoms with Crippen molar-refractivity contribution in [2.75, 3.05) is 0 Å². The third-order valence-electron chi connectivity index (χ3n) is 2.56. The highest BCUT2D eigenvalue weighted by molar-refractivity contribution is 7.96. The Kier molecular flexibility index (Phi) is 4.53. The number of benzene rings is 2. The number of rotatable bonds is 5. The van der Waals surface area contributed by atoms with E-state index in [1.807, 2.05) is 24.3 Å². The van der Waals surface area contributed by atoms with Crippen molar-refractivity contribution in [3.8, 4) is 0 Å². The summed E-state index contributed by atoms with van der Waals surface area (Å²) in [7, 11) is 0. The van der Waals surface area contributed by atoms with Crippen LogP contribution in [0.25, 0.3) is 10.8 Å². The zero-order valence-electron chi connectivity index (χ0n) is 10.0. The number of alkyl halides is 2. The summed E-state index contributed by atoms with van der Waals surface area (Å²) in [6, 6.07) is 12.7. The molecule has 0 bridgehead atoms. The fraction of sp³-hybridized carbons (Fsp3) is 0.154. The van der Waals surface area contributed by atoms with Gasteiger partial charge < -0.3 is 14.3 Å². The number of carbonyl (C=O) groups is 1. The van der Waals surface area contributed by atoms with Gasteiger partial charge in [-0.25, -0.2) is 4.79 Å². The van der Waals surface area contributed by atoms with E-state index in [4.69, 9.17) is 0 Å². The number of halogens is 2. The molecule has 0 saturated heterocycles. The Morgan fingerprint density at radius 3 is 2.60 bits per heavy atom. The highest BCUT2D eigenvalue weighted by Gasteiger charge is 2.42. The molecule has 0 aliphatic carbocycles. The first-order valence-electron chi connectivity index (χ1n) is 5.53. The molecule has 4 nitrogen and oxygen atoms in total. The van der Waals surface area contributed by atoms with E-state index in [0.717, 1.165) is 10.8 Å².